The van der Waals surface area contributed by atoms with Crippen LogP contribution in [0.4, 0.5) is 4.39 Å². The van der Waals surface area contributed by atoms with Crippen LogP contribution >= 0.6 is 0 Å². The zero-order valence-corrected chi connectivity index (χ0v) is 18.5. The molecule has 2 aliphatic heterocycles. The molecule has 0 saturated carbocycles. The van der Waals surface area contributed by atoms with Crippen LogP contribution in [0.15, 0.2) is 30.3 Å². The standard InChI is InChI=1S/C23H28FN5O3/c1-16-12-17(2)29(25-16)9-7-21(30)26-8-6-20-23(32)27(15-22(31)28(20)11-10-26)14-18-4-3-5-19(24)13-18/h3-5,12-13,20H,6-11,14-15H2,1-2H3. The number of piperazine rings is 1. The van der Waals surface area contributed by atoms with Crippen LogP contribution < -0.4 is 0 Å². The molecule has 1 aromatic carbocycles. The van der Waals surface area contributed by atoms with Gasteiger partial charge in [-0.05, 0) is 44.0 Å². The summed E-state index contributed by atoms with van der Waals surface area (Å²) in [6, 6.07) is 7.44. The number of hydrogen-bond acceptors (Lipinski definition) is 4. The predicted octanol–water partition coefficient (Wildman–Crippen LogP) is 1.50. The van der Waals surface area contributed by atoms with Gasteiger partial charge < -0.3 is 14.7 Å². The maximum absolute atomic E-state index is 13.5. The molecule has 9 heteroatoms. The van der Waals surface area contributed by atoms with Crippen molar-refractivity contribution in [2.45, 2.75) is 45.8 Å². The lowest BCUT2D eigenvalue weighted by atomic mass is 10.1. The maximum Gasteiger partial charge on any atom is 0.246 e. The number of nitrogens with zero attached hydrogens (tertiary/aromatic N) is 5. The molecule has 3 heterocycles. The Balaban J connectivity index is 1.38. The Hall–Kier alpha value is -3.23. The SMILES string of the molecule is Cc1cc(C)n(CCC(=O)N2CCC3C(=O)N(Cc4cccc(F)c4)CC(=O)N3CC2)n1. The van der Waals surface area contributed by atoms with Crippen LogP contribution in [0.1, 0.15) is 29.8 Å². The van der Waals surface area contributed by atoms with Crippen LogP contribution in [0.2, 0.25) is 0 Å². The van der Waals surface area contributed by atoms with Crippen LogP contribution in [0.3, 0.4) is 0 Å². The maximum atomic E-state index is 13.5. The molecule has 0 bridgehead atoms. The van der Waals surface area contributed by atoms with Gasteiger partial charge in [0.05, 0.1) is 5.69 Å². The highest BCUT2D eigenvalue weighted by Crippen LogP contribution is 2.21. The van der Waals surface area contributed by atoms with Crippen LogP contribution in [0, 0.1) is 19.7 Å². The number of hydrogen-bond donors (Lipinski definition) is 0. The Labute approximate surface area is 186 Å². The van der Waals surface area contributed by atoms with Gasteiger partial charge in [0.1, 0.15) is 18.4 Å². The molecular formula is C23H28FN5O3. The molecule has 2 aliphatic rings. The molecule has 1 atom stereocenters. The lowest BCUT2D eigenvalue weighted by Gasteiger charge is -2.39. The van der Waals surface area contributed by atoms with Gasteiger partial charge in [-0.15, -0.1) is 0 Å². The Kier molecular flexibility index (Phi) is 6.25. The van der Waals surface area contributed by atoms with Gasteiger partial charge in [-0.3, -0.25) is 19.1 Å². The summed E-state index contributed by atoms with van der Waals surface area (Å²) in [7, 11) is 0. The van der Waals surface area contributed by atoms with Crippen molar-refractivity contribution in [3.63, 3.8) is 0 Å². The van der Waals surface area contributed by atoms with Gasteiger partial charge in [0, 0.05) is 44.8 Å². The van der Waals surface area contributed by atoms with Crippen molar-refractivity contribution in [2.75, 3.05) is 26.2 Å². The van der Waals surface area contributed by atoms with Crippen molar-refractivity contribution in [2.24, 2.45) is 0 Å². The van der Waals surface area contributed by atoms with E-state index in [0.717, 1.165) is 11.4 Å². The molecule has 32 heavy (non-hydrogen) atoms. The van der Waals surface area contributed by atoms with Crippen LogP contribution in [-0.4, -0.2) is 74.4 Å². The van der Waals surface area contributed by atoms with E-state index in [9.17, 15) is 18.8 Å². The molecule has 8 nitrogen and oxygen atoms in total. The summed E-state index contributed by atoms with van der Waals surface area (Å²) < 4.78 is 15.3. The molecule has 0 aliphatic carbocycles. The van der Waals surface area contributed by atoms with Crippen LogP contribution in [0.25, 0.3) is 0 Å². The van der Waals surface area contributed by atoms with E-state index >= 15 is 0 Å². The Morgan fingerprint density at radius 1 is 1.16 bits per heavy atom. The molecule has 3 amide bonds. The summed E-state index contributed by atoms with van der Waals surface area (Å²) in [4.78, 5) is 43.5. The first-order valence-electron chi connectivity index (χ1n) is 10.9. The Morgan fingerprint density at radius 3 is 2.69 bits per heavy atom. The molecule has 4 rings (SSSR count). The summed E-state index contributed by atoms with van der Waals surface area (Å²) in [5.74, 6) is -0.661. The average Bonchev–Trinajstić information content (AvgIpc) is 2.94. The van der Waals surface area contributed by atoms with Crippen molar-refractivity contribution >= 4 is 17.7 Å². The molecule has 2 fully saturated rings. The highest BCUT2D eigenvalue weighted by molar-refractivity contribution is 5.95. The van der Waals surface area contributed by atoms with Gasteiger partial charge in [-0.1, -0.05) is 12.1 Å². The molecule has 1 unspecified atom stereocenters. The second-order valence-electron chi connectivity index (χ2n) is 8.50. The molecule has 0 radical (unpaired) electrons. The minimum Gasteiger partial charge on any atom is -0.341 e. The summed E-state index contributed by atoms with van der Waals surface area (Å²) in [6.45, 7) is 5.72. The quantitative estimate of drug-likeness (QED) is 0.705. The Morgan fingerprint density at radius 2 is 1.97 bits per heavy atom. The van der Waals surface area contributed by atoms with Gasteiger partial charge in [0.2, 0.25) is 17.7 Å². The van der Waals surface area contributed by atoms with E-state index in [1.807, 2.05) is 24.6 Å². The number of aryl methyl sites for hydroxylation is 3. The largest absolute Gasteiger partial charge is 0.341 e. The van der Waals surface area contributed by atoms with Crippen LogP contribution in [-0.2, 0) is 27.5 Å². The van der Waals surface area contributed by atoms with Crippen molar-refractivity contribution in [1.82, 2.24) is 24.5 Å². The molecule has 1 aromatic heterocycles. The molecular weight excluding hydrogens is 413 g/mol. The smallest absolute Gasteiger partial charge is 0.246 e. The zero-order chi connectivity index (χ0) is 22.8. The second-order valence-corrected chi connectivity index (χ2v) is 8.50. The van der Waals surface area contributed by atoms with E-state index in [1.54, 1.807) is 21.9 Å². The number of benzene rings is 1. The minimum absolute atomic E-state index is 0.00563. The third-order valence-electron chi connectivity index (χ3n) is 6.16. The summed E-state index contributed by atoms with van der Waals surface area (Å²) in [6.07, 6.45) is 0.718. The van der Waals surface area contributed by atoms with Crippen molar-refractivity contribution < 1.29 is 18.8 Å². The Bertz CT molecular complexity index is 1040. The topological polar surface area (TPSA) is 78.8 Å². The third kappa shape index (κ3) is 4.66. The lowest BCUT2D eigenvalue weighted by molar-refractivity contribution is -0.156. The second kappa shape index (κ2) is 9.10. The average molecular weight is 442 g/mol. The number of fused-ring (bicyclic) bond motifs is 1. The number of aromatic nitrogens is 2. The zero-order valence-electron chi connectivity index (χ0n) is 18.5. The number of carbonyl (C=O) groups excluding carboxylic acids is 3. The fraction of sp³-hybridized carbons (Fsp3) is 0.478. The van der Waals surface area contributed by atoms with Crippen LogP contribution in [0.5, 0.6) is 0 Å². The first-order chi connectivity index (χ1) is 15.3. The first kappa shape index (κ1) is 22.0. The van der Waals surface area contributed by atoms with Crippen molar-refractivity contribution in [3.05, 3.63) is 53.1 Å². The fourth-order valence-corrected chi connectivity index (χ4v) is 4.53. The highest BCUT2D eigenvalue weighted by Gasteiger charge is 2.41. The number of halogens is 1. The van der Waals surface area contributed by atoms with E-state index in [-0.39, 0.29) is 36.6 Å². The normalized spacial score (nSPS) is 19.2. The van der Waals surface area contributed by atoms with E-state index in [0.29, 0.717) is 44.6 Å². The van der Waals surface area contributed by atoms with Gasteiger partial charge in [-0.25, -0.2) is 4.39 Å². The van der Waals surface area contributed by atoms with Crippen molar-refractivity contribution in [3.8, 4) is 0 Å². The van der Waals surface area contributed by atoms with E-state index in [2.05, 4.69) is 5.10 Å². The van der Waals surface area contributed by atoms with Gasteiger partial charge in [0.15, 0.2) is 0 Å². The minimum atomic E-state index is -0.585. The lowest BCUT2D eigenvalue weighted by Crippen LogP contribution is -2.59. The first-order valence-corrected chi connectivity index (χ1v) is 10.9. The number of carbonyl (C=O) groups is 3. The molecule has 0 spiro atoms. The fourth-order valence-electron chi connectivity index (χ4n) is 4.53. The van der Waals surface area contributed by atoms with E-state index in [4.69, 9.17) is 0 Å². The highest BCUT2D eigenvalue weighted by atomic mass is 19.1. The van der Waals surface area contributed by atoms with Gasteiger partial charge in [0.25, 0.3) is 0 Å². The summed E-state index contributed by atoms with van der Waals surface area (Å²) in [5, 5.41) is 4.39. The van der Waals surface area contributed by atoms with Crippen molar-refractivity contribution in [1.29, 1.82) is 0 Å². The predicted molar refractivity (Wildman–Crippen MR) is 115 cm³/mol. The number of rotatable bonds is 5. The van der Waals surface area contributed by atoms with E-state index in [1.165, 1.54) is 17.0 Å². The molecule has 2 aromatic rings. The molecule has 170 valence electrons. The number of amides is 3. The summed E-state index contributed by atoms with van der Waals surface area (Å²) in [5.41, 5.74) is 2.58. The molecule has 0 N–H and O–H groups in total. The van der Waals surface area contributed by atoms with Gasteiger partial charge in [-0.2, -0.15) is 5.10 Å². The molecule has 2 saturated heterocycles. The summed E-state index contributed by atoms with van der Waals surface area (Å²) >= 11 is 0. The van der Waals surface area contributed by atoms with E-state index < -0.39 is 6.04 Å². The van der Waals surface area contributed by atoms with Gasteiger partial charge >= 0.3 is 0 Å². The monoisotopic (exact) mass is 441 g/mol. The third-order valence-corrected chi connectivity index (χ3v) is 6.16.